The number of Topliss-reactive ketones (excluding diaryl/α,β-unsaturated/α-hetero) is 1. The zero-order valence-corrected chi connectivity index (χ0v) is 25.6. The SMILES string of the molecule is CCC(=O)CCc1ccc(S(C)(O)NC(=O)C2C=NC(N)C(C#Cc3cccc(NC(=O)C4=CC(C)NN4C)c3)=C2)cc1. The Morgan fingerprint density at radius 3 is 2.56 bits per heavy atom. The zero-order chi connectivity index (χ0) is 31.1. The average molecular weight is 603 g/mol. The van der Waals surface area contributed by atoms with Crippen molar-refractivity contribution in [1.82, 2.24) is 15.2 Å². The van der Waals surface area contributed by atoms with Crippen molar-refractivity contribution in [1.29, 1.82) is 0 Å². The third-order valence-corrected chi connectivity index (χ3v) is 8.82. The van der Waals surface area contributed by atoms with Gasteiger partial charge in [-0.05, 0) is 65.8 Å². The molecule has 0 aromatic heterocycles. The second-order valence-electron chi connectivity index (χ2n) is 10.6. The fourth-order valence-electron chi connectivity index (χ4n) is 4.57. The summed E-state index contributed by atoms with van der Waals surface area (Å²) in [5.41, 5.74) is 12.5. The summed E-state index contributed by atoms with van der Waals surface area (Å²) in [5, 5.41) is 4.57. The third kappa shape index (κ3) is 8.43. The number of anilines is 1. The zero-order valence-electron chi connectivity index (χ0n) is 24.8. The number of likely N-dealkylation sites (N-methyl/N-ethyl adjacent to an activating group) is 1. The molecular weight excluding hydrogens is 564 g/mol. The van der Waals surface area contributed by atoms with Gasteiger partial charge in [0.1, 0.15) is 17.6 Å². The fourth-order valence-corrected chi connectivity index (χ4v) is 5.88. The molecule has 0 saturated carbocycles. The van der Waals surface area contributed by atoms with Crippen LogP contribution in [-0.4, -0.2) is 58.9 Å². The number of hydrazine groups is 1. The van der Waals surface area contributed by atoms with Gasteiger partial charge in [0, 0.05) is 60.1 Å². The molecule has 2 amide bonds. The second kappa shape index (κ2) is 13.8. The van der Waals surface area contributed by atoms with Gasteiger partial charge in [0.25, 0.3) is 5.91 Å². The van der Waals surface area contributed by atoms with Gasteiger partial charge in [-0.15, -0.1) is 0 Å². The molecule has 2 aliphatic heterocycles. The van der Waals surface area contributed by atoms with E-state index in [2.05, 4.69) is 32.3 Å². The van der Waals surface area contributed by atoms with Crippen LogP contribution >= 0.6 is 10.5 Å². The number of amides is 2. The molecule has 0 spiro atoms. The maximum absolute atomic E-state index is 13.1. The molecule has 4 unspecified atom stereocenters. The highest BCUT2D eigenvalue weighted by Crippen LogP contribution is 2.44. The minimum Gasteiger partial charge on any atom is -0.329 e. The number of carbonyl (C=O) groups excluding carboxylic acids is 3. The largest absolute Gasteiger partial charge is 0.329 e. The Kier molecular flexibility index (Phi) is 10.2. The van der Waals surface area contributed by atoms with Crippen LogP contribution in [0.2, 0.25) is 0 Å². The molecule has 2 aromatic carbocycles. The van der Waals surface area contributed by atoms with Crippen LogP contribution in [0.1, 0.15) is 37.8 Å². The van der Waals surface area contributed by atoms with Crippen LogP contribution in [0, 0.1) is 17.8 Å². The minimum absolute atomic E-state index is 0.0673. The van der Waals surface area contributed by atoms with Crippen molar-refractivity contribution in [3.63, 3.8) is 0 Å². The molecule has 0 radical (unpaired) electrons. The highest BCUT2D eigenvalue weighted by molar-refractivity contribution is 8.27. The molecule has 4 atom stereocenters. The third-order valence-electron chi connectivity index (χ3n) is 7.03. The first kappa shape index (κ1) is 31.7. The number of dihydropyridines is 1. The van der Waals surface area contributed by atoms with E-state index in [0.717, 1.165) is 5.56 Å². The van der Waals surface area contributed by atoms with Gasteiger partial charge in [0.15, 0.2) is 0 Å². The van der Waals surface area contributed by atoms with E-state index >= 15 is 0 Å². The molecule has 2 aliphatic rings. The Morgan fingerprint density at radius 2 is 1.88 bits per heavy atom. The van der Waals surface area contributed by atoms with Crippen LogP contribution in [0.15, 0.2) is 81.8 Å². The predicted molar refractivity (Wildman–Crippen MR) is 171 cm³/mol. The van der Waals surface area contributed by atoms with Gasteiger partial charge in [-0.1, -0.05) is 43.0 Å². The van der Waals surface area contributed by atoms with Crippen molar-refractivity contribution < 1.29 is 18.9 Å². The summed E-state index contributed by atoms with van der Waals surface area (Å²) in [6, 6.07) is 14.5. The number of aliphatic imine (C=N–C) groups is 1. The van der Waals surface area contributed by atoms with E-state index in [9.17, 15) is 18.9 Å². The lowest BCUT2D eigenvalue weighted by atomic mass is 10.0. The number of nitrogens with zero attached hydrogens (tertiary/aromatic N) is 2. The topological polar surface area (TPSA) is 149 Å². The van der Waals surface area contributed by atoms with Gasteiger partial charge in [-0.2, -0.15) is 0 Å². The summed E-state index contributed by atoms with van der Waals surface area (Å²) in [6.45, 7) is 3.80. The van der Waals surface area contributed by atoms with Gasteiger partial charge in [-0.3, -0.25) is 24.1 Å². The van der Waals surface area contributed by atoms with E-state index in [1.54, 1.807) is 54.7 Å². The summed E-state index contributed by atoms with van der Waals surface area (Å²) >= 11 is 0. The van der Waals surface area contributed by atoms with E-state index in [4.69, 9.17) is 5.73 Å². The van der Waals surface area contributed by atoms with Crippen molar-refractivity contribution >= 4 is 40.0 Å². The van der Waals surface area contributed by atoms with Crippen molar-refractivity contribution in [2.24, 2.45) is 16.6 Å². The summed E-state index contributed by atoms with van der Waals surface area (Å²) in [6.07, 6.45) is 7.43. The number of ketones is 1. The van der Waals surface area contributed by atoms with Crippen molar-refractivity contribution in [3.05, 3.63) is 83.1 Å². The van der Waals surface area contributed by atoms with Crippen molar-refractivity contribution in [2.75, 3.05) is 18.6 Å². The average Bonchev–Trinajstić information content (AvgIpc) is 3.33. The van der Waals surface area contributed by atoms with E-state index in [-0.39, 0.29) is 17.7 Å². The van der Waals surface area contributed by atoms with Crippen molar-refractivity contribution in [2.45, 2.75) is 50.2 Å². The van der Waals surface area contributed by atoms with Gasteiger partial charge in [0.05, 0.1) is 5.92 Å². The monoisotopic (exact) mass is 602 g/mol. The lowest BCUT2D eigenvalue weighted by Crippen LogP contribution is -2.36. The number of nitrogens with one attached hydrogen (secondary N) is 3. The van der Waals surface area contributed by atoms with E-state index in [1.807, 2.05) is 38.1 Å². The van der Waals surface area contributed by atoms with Crippen LogP contribution in [0.5, 0.6) is 0 Å². The van der Waals surface area contributed by atoms with Crippen LogP contribution in [0.3, 0.4) is 0 Å². The molecule has 0 fully saturated rings. The van der Waals surface area contributed by atoms with Gasteiger partial charge in [-0.25, -0.2) is 5.43 Å². The predicted octanol–water partition coefficient (Wildman–Crippen LogP) is 3.52. The summed E-state index contributed by atoms with van der Waals surface area (Å²) in [7, 11) is -0.860. The first-order valence-electron chi connectivity index (χ1n) is 14.0. The molecule has 43 heavy (non-hydrogen) atoms. The number of hydrogen-bond donors (Lipinski definition) is 5. The number of rotatable bonds is 9. The maximum Gasteiger partial charge on any atom is 0.273 e. The lowest BCUT2D eigenvalue weighted by Gasteiger charge is -2.32. The molecule has 2 heterocycles. The maximum atomic E-state index is 13.1. The Hall–Kier alpha value is -4.21. The summed E-state index contributed by atoms with van der Waals surface area (Å²) < 4.78 is 13.9. The highest BCUT2D eigenvalue weighted by Gasteiger charge is 2.27. The summed E-state index contributed by atoms with van der Waals surface area (Å²) in [4.78, 5) is 42.3. The number of aryl methyl sites for hydroxylation is 1. The number of nitrogens with two attached hydrogens (primary N) is 1. The van der Waals surface area contributed by atoms with Crippen LogP contribution in [0.4, 0.5) is 5.69 Å². The van der Waals surface area contributed by atoms with E-state index in [1.165, 1.54) is 6.21 Å². The molecular formula is C32H38N6O4S. The van der Waals surface area contributed by atoms with Gasteiger partial charge < -0.3 is 20.6 Å². The van der Waals surface area contributed by atoms with Crippen LogP contribution in [-0.2, 0) is 20.8 Å². The standard InChI is InChI=1S/C32H38N6O4S/c1-5-27(39)14-10-22-11-15-28(16-12-22)43(4,42)37-31(40)25-19-24(30(33)34-20-25)13-9-23-7-6-8-26(18-23)35-32(41)29-17-21(2)36-38(29)3/h6-8,11-12,15-21,25,30,36,42H,5,10,14,33H2,1-4H3,(H,35,41)(H,37,40). The molecule has 4 rings (SSSR count). The van der Waals surface area contributed by atoms with Crippen molar-refractivity contribution in [3.8, 4) is 11.8 Å². The molecule has 0 bridgehead atoms. The second-order valence-corrected chi connectivity index (χ2v) is 13.0. The lowest BCUT2D eigenvalue weighted by molar-refractivity contribution is -0.120. The number of benzene rings is 2. The Labute approximate surface area is 254 Å². The smallest absolute Gasteiger partial charge is 0.273 e. The molecule has 10 nitrogen and oxygen atoms in total. The number of carbonyl (C=O) groups is 3. The normalized spacial score (nSPS) is 21.4. The quantitative estimate of drug-likeness (QED) is 0.276. The van der Waals surface area contributed by atoms with Crippen LogP contribution < -0.4 is 21.2 Å². The van der Waals surface area contributed by atoms with Gasteiger partial charge >= 0.3 is 0 Å². The molecule has 0 aliphatic carbocycles. The Balaban J connectivity index is 1.41. The fraction of sp³-hybridized carbons (Fsp3) is 0.312. The van der Waals surface area contributed by atoms with Gasteiger partial charge in [0.2, 0.25) is 5.91 Å². The Bertz CT molecular complexity index is 1540. The molecule has 226 valence electrons. The molecule has 2 aromatic rings. The minimum atomic E-state index is -2.65. The summed E-state index contributed by atoms with van der Waals surface area (Å²) in [5.74, 6) is 4.84. The van der Waals surface area contributed by atoms with E-state index in [0.29, 0.717) is 46.7 Å². The first-order valence-corrected chi connectivity index (χ1v) is 16.0. The first-order chi connectivity index (χ1) is 20.4. The molecule has 11 heteroatoms. The number of hydrogen-bond acceptors (Lipinski definition) is 8. The molecule has 6 N–H and O–H groups in total. The Morgan fingerprint density at radius 1 is 1.14 bits per heavy atom. The highest BCUT2D eigenvalue weighted by atomic mass is 32.3. The van der Waals surface area contributed by atoms with Crippen LogP contribution in [0.25, 0.3) is 0 Å². The van der Waals surface area contributed by atoms with E-state index < -0.39 is 28.5 Å². The molecule has 0 saturated heterocycles.